The van der Waals surface area contributed by atoms with Gasteiger partial charge in [-0.3, -0.25) is 0 Å². The van der Waals surface area contributed by atoms with Crippen molar-refractivity contribution in [2.75, 3.05) is 13.1 Å². The third-order valence-electron chi connectivity index (χ3n) is 1.81. The van der Waals surface area contributed by atoms with E-state index in [2.05, 4.69) is 21.2 Å². The predicted molar refractivity (Wildman–Crippen MR) is 59.5 cm³/mol. The first kappa shape index (κ1) is 11.6. The lowest BCUT2D eigenvalue weighted by molar-refractivity contribution is 0.616. The summed E-state index contributed by atoms with van der Waals surface area (Å²) in [4.78, 5) is 0. The highest BCUT2D eigenvalue weighted by Gasteiger charge is 1.98. The molecule has 0 heterocycles. The Morgan fingerprint density at radius 1 is 1.36 bits per heavy atom. The Labute approximate surface area is 91.8 Å². The molecule has 0 atom stereocenters. The molecule has 0 fully saturated rings. The van der Waals surface area contributed by atoms with Crippen LogP contribution in [-0.4, -0.2) is 13.1 Å². The summed E-state index contributed by atoms with van der Waals surface area (Å²) in [6.07, 6.45) is 0.941. The van der Waals surface area contributed by atoms with Crippen molar-refractivity contribution in [1.82, 2.24) is 5.32 Å². The van der Waals surface area contributed by atoms with Gasteiger partial charge in [-0.1, -0.05) is 15.9 Å². The molecule has 0 saturated heterocycles. The molecule has 3 N–H and O–H groups in total. The SMILES string of the molecule is NCCCNCc1cc(F)cc(Br)c1. The van der Waals surface area contributed by atoms with E-state index in [4.69, 9.17) is 5.73 Å². The molecular weight excluding hydrogens is 247 g/mol. The maximum absolute atomic E-state index is 12.9. The molecule has 0 saturated carbocycles. The lowest BCUT2D eigenvalue weighted by atomic mass is 10.2. The Balaban J connectivity index is 2.42. The molecule has 78 valence electrons. The van der Waals surface area contributed by atoms with Crippen LogP contribution in [0.15, 0.2) is 22.7 Å². The molecule has 1 aromatic carbocycles. The molecular formula is C10H14BrFN2. The van der Waals surface area contributed by atoms with Crippen LogP contribution in [0.4, 0.5) is 4.39 Å². The largest absolute Gasteiger partial charge is 0.330 e. The standard InChI is InChI=1S/C10H14BrFN2/c11-9-4-8(5-10(12)6-9)7-14-3-1-2-13/h4-6,14H,1-3,7,13H2. The normalized spacial score (nSPS) is 10.5. The number of benzene rings is 1. The van der Waals surface area contributed by atoms with E-state index in [0.717, 1.165) is 23.0 Å². The van der Waals surface area contributed by atoms with Crippen LogP contribution in [-0.2, 0) is 6.54 Å². The molecule has 1 rings (SSSR count). The van der Waals surface area contributed by atoms with Crippen molar-refractivity contribution in [3.63, 3.8) is 0 Å². The van der Waals surface area contributed by atoms with Crippen LogP contribution in [0.2, 0.25) is 0 Å². The van der Waals surface area contributed by atoms with Crippen molar-refractivity contribution >= 4 is 15.9 Å². The van der Waals surface area contributed by atoms with Crippen LogP contribution in [0.5, 0.6) is 0 Å². The first-order valence-electron chi connectivity index (χ1n) is 4.58. The van der Waals surface area contributed by atoms with Crippen molar-refractivity contribution in [1.29, 1.82) is 0 Å². The number of rotatable bonds is 5. The molecule has 0 amide bonds. The summed E-state index contributed by atoms with van der Waals surface area (Å²) in [5.74, 6) is -0.213. The lowest BCUT2D eigenvalue weighted by Crippen LogP contribution is -2.17. The molecule has 2 nitrogen and oxygen atoms in total. The van der Waals surface area contributed by atoms with Gasteiger partial charge in [0.2, 0.25) is 0 Å². The molecule has 1 aromatic rings. The zero-order chi connectivity index (χ0) is 10.4. The summed E-state index contributed by atoms with van der Waals surface area (Å²) < 4.78 is 13.7. The molecule has 0 radical (unpaired) electrons. The summed E-state index contributed by atoms with van der Waals surface area (Å²) in [5, 5.41) is 3.19. The molecule has 0 aliphatic carbocycles. The van der Waals surface area contributed by atoms with Gasteiger partial charge in [-0.2, -0.15) is 0 Å². The van der Waals surface area contributed by atoms with E-state index in [0.29, 0.717) is 13.1 Å². The second-order valence-electron chi connectivity index (χ2n) is 3.10. The van der Waals surface area contributed by atoms with Crippen molar-refractivity contribution in [2.24, 2.45) is 5.73 Å². The Morgan fingerprint density at radius 3 is 2.79 bits per heavy atom. The van der Waals surface area contributed by atoms with Gasteiger partial charge in [0, 0.05) is 11.0 Å². The van der Waals surface area contributed by atoms with E-state index < -0.39 is 0 Å². The minimum absolute atomic E-state index is 0.213. The quantitative estimate of drug-likeness (QED) is 0.796. The topological polar surface area (TPSA) is 38.0 Å². The van der Waals surface area contributed by atoms with Crippen molar-refractivity contribution < 1.29 is 4.39 Å². The van der Waals surface area contributed by atoms with Crippen molar-refractivity contribution in [3.8, 4) is 0 Å². The van der Waals surface area contributed by atoms with E-state index in [1.54, 1.807) is 0 Å². The van der Waals surface area contributed by atoms with Crippen LogP contribution in [0.3, 0.4) is 0 Å². The maximum Gasteiger partial charge on any atom is 0.124 e. The van der Waals surface area contributed by atoms with Gasteiger partial charge < -0.3 is 11.1 Å². The van der Waals surface area contributed by atoms with E-state index >= 15 is 0 Å². The fourth-order valence-corrected chi connectivity index (χ4v) is 1.69. The summed E-state index contributed by atoms with van der Waals surface area (Å²) in [5.41, 5.74) is 6.29. The van der Waals surface area contributed by atoms with Gasteiger partial charge in [-0.05, 0) is 43.3 Å². The predicted octanol–water partition coefficient (Wildman–Crippen LogP) is 2.03. The van der Waals surface area contributed by atoms with Gasteiger partial charge in [0.05, 0.1) is 0 Å². The highest BCUT2D eigenvalue weighted by molar-refractivity contribution is 9.10. The van der Waals surface area contributed by atoms with Crippen molar-refractivity contribution in [2.45, 2.75) is 13.0 Å². The van der Waals surface area contributed by atoms with Gasteiger partial charge in [0.1, 0.15) is 5.82 Å². The summed E-state index contributed by atoms with van der Waals surface area (Å²) in [6.45, 7) is 2.22. The molecule has 0 aliphatic rings. The van der Waals surface area contributed by atoms with Gasteiger partial charge in [-0.15, -0.1) is 0 Å². The number of hydrogen-bond acceptors (Lipinski definition) is 2. The molecule has 0 spiro atoms. The lowest BCUT2D eigenvalue weighted by Gasteiger charge is -2.04. The minimum Gasteiger partial charge on any atom is -0.330 e. The number of hydrogen-bond donors (Lipinski definition) is 2. The average Bonchev–Trinajstić information content (AvgIpc) is 2.11. The Hall–Kier alpha value is -0.450. The van der Waals surface area contributed by atoms with E-state index in [1.165, 1.54) is 12.1 Å². The Bertz CT molecular complexity index is 271. The zero-order valence-corrected chi connectivity index (χ0v) is 9.48. The van der Waals surface area contributed by atoms with Crippen LogP contribution < -0.4 is 11.1 Å². The Morgan fingerprint density at radius 2 is 2.14 bits per heavy atom. The van der Waals surface area contributed by atoms with Gasteiger partial charge >= 0.3 is 0 Å². The van der Waals surface area contributed by atoms with Gasteiger partial charge in [0.15, 0.2) is 0 Å². The highest BCUT2D eigenvalue weighted by Crippen LogP contribution is 2.14. The fraction of sp³-hybridized carbons (Fsp3) is 0.400. The first-order chi connectivity index (χ1) is 6.72. The first-order valence-corrected chi connectivity index (χ1v) is 5.37. The smallest absolute Gasteiger partial charge is 0.124 e. The zero-order valence-electron chi connectivity index (χ0n) is 7.89. The van der Waals surface area contributed by atoms with E-state index in [-0.39, 0.29) is 5.82 Å². The van der Waals surface area contributed by atoms with Crippen molar-refractivity contribution in [3.05, 3.63) is 34.1 Å². The summed E-state index contributed by atoms with van der Waals surface area (Å²) >= 11 is 3.25. The molecule has 0 aliphatic heterocycles. The van der Waals surface area contributed by atoms with Crippen LogP contribution in [0, 0.1) is 5.82 Å². The number of halogens is 2. The summed E-state index contributed by atoms with van der Waals surface area (Å²) in [7, 11) is 0. The molecule has 0 bridgehead atoms. The summed E-state index contributed by atoms with van der Waals surface area (Å²) in [6, 6.07) is 4.88. The third kappa shape index (κ3) is 4.17. The van der Waals surface area contributed by atoms with E-state index in [1.807, 2.05) is 6.07 Å². The monoisotopic (exact) mass is 260 g/mol. The molecule has 4 heteroatoms. The number of nitrogens with two attached hydrogens (primary N) is 1. The second-order valence-corrected chi connectivity index (χ2v) is 4.01. The minimum atomic E-state index is -0.213. The molecule has 14 heavy (non-hydrogen) atoms. The van der Waals surface area contributed by atoms with E-state index in [9.17, 15) is 4.39 Å². The van der Waals surface area contributed by atoms with Gasteiger partial charge in [0.25, 0.3) is 0 Å². The van der Waals surface area contributed by atoms with Crippen LogP contribution >= 0.6 is 15.9 Å². The Kier molecular flexibility index (Phi) is 5.07. The van der Waals surface area contributed by atoms with Crippen LogP contribution in [0.25, 0.3) is 0 Å². The number of nitrogens with one attached hydrogen (secondary N) is 1. The third-order valence-corrected chi connectivity index (χ3v) is 2.27. The van der Waals surface area contributed by atoms with Gasteiger partial charge in [-0.25, -0.2) is 4.39 Å². The van der Waals surface area contributed by atoms with Crippen LogP contribution in [0.1, 0.15) is 12.0 Å². The average molecular weight is 261 g/mol. The fourth-order valence-electron chi connectivity index (χ4n) is 1.17. The molecule has 0 aromatic heterocycles. The highest BCUT2D eigenvalue weighted by atomic mass is 79.9. The second kappa shape index (κ2) is 6.11. The molecule has 0 unspecified atom stereocenters. The maximum atomic E-state index is 12.9.